The van der Waals surface area contributed by atoms with Gasteiger partial charge in [-0.25, -0.2) is 0 Å². The van der Waals surface area contributed by atoms with Gasteiger partial charge in [-0.15, -0.1) is 11.8 Å². The molecule has 1 aromatic heterocycles. The maximum atomic E-state index is 12.4. The number of halogens is 2. The highest BCUT2D eigenvalue weighted by molar-refractivity contribution is 8.00. The molecular weight excluding hydrogens is 344 g/mol. The quantitative estimate of drug-likeness (QED) is 0.718. The van der Waals surface area contributed by atoms with Crippen LogP contribution in [-0.4, -0.2) is 23.5 Å². The molecule has 0 saturated carbocycles. The van der Waals surface area contributed by atoms with Crippen LogP contribution in [0, 0.1) is 13.8 Å². The fourth-order valence-electron chi connectivity index (χ4n) is 3.04. The lowest BCUT2D eigenvalue weighted by atomic mass is 10.0. The topological polar surface area (TPSA) is 31.4 Å². The molecule has 0 spiro atoms. The van der Waals surface area contributed by atoms with Crippen molar-refractivity contribution in [2.24, 2.45) is 0 Å². The van der Waals surface area contributed by atoms with E-state index in [1.807, 2.05) is 19.2 Å². The van der Waals surface area contributed by atoms with E-state index in [0.29, 0.717) is 11.9 Å². The molecule has 2 heterocycles. The van der Waals surface area contributed by atoms with E-state index in [9.17, 15) is 8.78 Å². The lowest BCUT2D eigenvalue weighted by Crippen LogP contribution is -2.23. The van der Waals surface area contributed by atoms with Crippen molar-refractivity contribution in [2.75, 3.05) is 6.61 Å². The van der Waals surface area contributed by atoms with Gasteiger partial charge >= 0.3 is 6.61 Å². The van der Waals surface area contributed by atoms with Gasteiger partial charge in [0.05, 0.1) is 5.69 Å². The first-order chi connectivity index (χ1) is 12.0. The Hall–Kier alpha value is -1.66. The maximum Gasteiger partial charge on any atom is 0.387 e. The van der Waals surface area contributed by atoms with Crippen molar-refractivity contribution in [1.82, 2.24) is 4.98 Å². The fourth-order valence-corrected chi connectivity index (χ4v) is 4.25. The lowest BCUT2D eigenvalue weighted by molar-refractivity contribution is -0.0499. The summed E-state index contributed by atoms with van der Waals surface area (Å²) < 4.78 is 35.1. The van der Waals surface area contributed by atoms with Crippen LogP contribution in [-0.2, 0) is 4.74 Å². The van der Waals surface area contributed by atoms with E-state index in [4.69, 9.17) is 4.74 Å². The van der Waals surface area contributed by atoms with Crippen LogP contribution in [0.2, 0.25) is 0 Å². The molecule has 2 atom stereocenters. The van der Waals surface area contributed by atoms with E-state index in [2.05, 4.69) is 22.7 Å². The van der Waals surface area contributed by atoms with E-state index < -0.39 is 6.61 Å². The third kappa shape index (κ3) is 4.92. The van der Waals surface area contributed by atoms with Crippen molar-refractivity contribution in [3.8, 4) is 5.75 Å². The molecule has 2 unspecified atom stereocenters. The molecule has 6 heteroatoms. The van der Waals surface area contributed by atoms with Gasteiger partial charge in [0, 0.05) is 22.9 Å². The molecule has 0 amide bonds. The van der Waals surface area contributed by atoms with Gasteiger partial charge in [-0.3, -0.25) is 4.98 Å². The largest absolute Gasteiger partial charge is 0.435 e. The minimum atomic E-state index is -2.80. The highest BCUT2D eigenvalue weighted by Gasteiger charge is 2.26. The Balaban J connectivity index is 1.67. The number of benzene rings is 1. The molecule has 25 heavy (non-hydrogen) atoms. The van der Waals surface area contributed by atoms with Crippen molar-refractivity contribution in [2.45, 2.75) is 49.6 Å². The standard InChI is InChI=1S/C19H21F2NO2S/c1-12-8-13(2)18(22-11-12)17-10-16(6-7-23-17)25-15-5-3-4-14(9-15)24-19(20)21/h3-5,8-9,11,16-17,19H,6-7,10H2,1-2H3. The van der Waals surface area contributed by atoms with E-state index in [1.54, 1.807) is 30.0 Å². The Labute approximate surface area is 150 Å². The molecule has 1 fully saturated rings. The predicted octanol–water partition coefficient (Wildman–Crippen LogP) is 5.31. The first-order valence-electron chi connectivity index (χ1n) is 8.27. The second kappa shape index (κ2) is 8.15. The number of nitrogens with zero attached hydrogens (tertiary/aromatic N) is 1. The van der Waals surface area contributed by atoms with Gasteiger partial charge in [0.1, 0.15) is 11.9 Å². The van der Waals surface area contributed by atoms with Crippen molar-refractivity contribution >= 4 is 11.8 Å². The minimum Gasteiger partial charge on any atom is -0.435 e. The molecule has 3 rings (SSSR count). The van der Waals surface area contributed by atoms with Crippen LogP contribution in [0.15, 0.2) is 41.4 Å². The summed E-state index contributed by atoms with van der Waals surface area (Å²) in [5, 5.41) is 0.350. The molecule has 1 aliphatic heterocycles. The first-order valence-corrected chi connectivity index (χ1v) is 9.15. The Kier molecular flexibility index (Phi) is 5.91. The summed E-state index contributed by atoms with van der Waals surface area (Å²) in [4.78, 5) is 5.48. The third-order valence-corrected chi connectivity index (χ3v) is 5.42. The van der Waals surface area contributed by atoms with Gasteiger partial charge in [-0.1, -0.05) is 12.1 Å². The van der Waals surface area contributed by atoms with Gasteiger partial charge in [0.25, 0.3) is 0 Å². The van der Waals surface area contributed by atoms with Gasteiger partial charge < -0.3 is 9.47 Å². The number of alkyl halides is 2. The van der Waals surface area contributed by atoms with Crippen molar-refractivity contribution in [3.05, 3.63) is 53.3 Å². The Morgan fingerprint density at radius 3 is 2.88 bits per heavy atom. The van der Waals surface area contributed by atoms with Crippen LogP contribution in [0.25, 0.3) is 0 Å². The smallest absolute Gasteiger partial charge is 0.387 e. The second-order valence-corrected chi connectivity index (χ2v) is 7.57. The van der Waals surface area contributed by atoms with E-state index >= 15 is 0 Å². The van der Waals surface area contributed by atoms with Crippen molar-refractivity contribution in [3.63, 3.8) is 0 Å². The molecule has 134 valence electrons. The number of thioether (sulfide) groups is 1. The van der Waals surface area contributed by atoms with Crippen LogP contribution in [0.4, 0.5) is 8.78 Å². The molecule has 0 aliphatic carbocycles. The number of ether oxygens (including phenoxy) is 2. The van der Waals surface area contributed by atoms with Gasteiger partial charge in [-0.05, 0) is 56.0 Å². The monoisotopic (exact) mass is 365 g/mol. The van der Waals surface area contributed by atoms with E-state index in [0.717, 1.165) is 34.6 Å². The van der Waals surface area contributed by atoms with Crippen LogP contribution >= 0.6 is 11.8 Å². The SMILES string of the molecule is Cc1cnc(C2CC(Sc3cccc(OC(F)F)c3)CCO2)c(C)c1. The Morgan fingerprint density at radius 1 is 1.28 bits per heavy atom. The molecule has 0 N–H and O–H groups in total. The van der Waals surface area contributed by atoms with Crippen LogP contribution in [0.5, 0.6) is 5.75 Å². The number of pyridine rings is 1. The zero-order valence-corrected chi connectivity index (χ0v) is 15.1. The Bertz CT molecular complexity index is 726. The van der Waals surface area contributed by atoms with Crippen LogP contribution in [0.1, 0.15) is 35.8 Å². The minimum absolute atomic E-state index is 0.0210. The first kappa shape index (κ1) is 18.1. The van der Waals surface area contributed by atoms with Gasteiger partial charge in [0.2, 0.25) is 0 Å². The summed E-state index contributed by atoms with van der Waals surface area (Å²) in [6, 6.07) is 8.98. The summed E-state index contributed by atoms with van der Waals surface area (Å²) in [6.45, 7) is 1.95. The highest BCUT2D eigenvalue weighted by atomic mass is 32.2. The van der Waals surface area contributed by atoms with Gasteiger partial charge in [0.15, 0.2) is 0 Å². The summed E-state index contributed by atoms with van der Waals surface area (Å²) >= 11 is 1.68. The summed E-state index contributed by atoms with van der Waals surface area (Å²) in [7, 11) is 0. The summed E-state index contributed by atoms with van der Waals surface area (Å²) in [5.41, 5.74) is 3.27. The average molecular weight is 365 g/mol. The average Bonchev–Trinajstić information content (AvgIpc) is 2.55. The molecule has 1 saturated heterocycles. The van der Waals surface area contributed by atoms with E-state index in [1.165, 1.54) is 0 Å². The number of hydrogen-bond acceptors (Lipinski definition) is 4. The lowest BCUT2D eigenvalue weighted by Gasteiger charge is -2.29. The second-order valence-electron chi connectivity index (χ2n) is 6.19. The molecular formula is C19H21F2NO2S. The molecule has 0 radical (unpaired) electrons. The third-order valence-electron chi connectivity index (χ3n) is 4.13. The van der Waals surface area contributed by atoms with Crippen molar-refractivity contribution < 1.29 is 18.3 Å². The molecule has 1 aliphatic rings. The number of aryl methyl sites for hydroxylation is 2. The predicted molar refractivity (Wildman–Crippen MR) is 94.4 cm³/mol. The zero-order chi connectivity index (χ0) is 17.8. The maximum absolute atomic E-state index is 12.4. The summed E-state index contributed by atoms with van der Waals surface area (Å²) in [5.74, 6) is 0.194. The molecule has 0 bridgehead atoms. The van der Waals surface area contributed by atoms with Crippen LogP contribution in [0.3, 0.4) is 0 Å². The van der Waals surface area contributed by atoms with E-state index in [-0.39, 0.29) is 11.9 Å². The van der Waals surface area contributed by atoms with Crippen molar-refractivity contribution in [1.29, 1.82) is 0 Å². The zero-order valence-electron chi connectivity index (χ0n) is 14.2. The molecule has 2 aromatic rings. The van der Waals surface area contributed by atoms with Crippen LogP contribution < -0.4 is 4.74 Å². The fraction of sp³-hybridized carbons (Fsp3) is 0.421. The molecule has 1 aromatic carbocycles. The number of aromatic nitrogens is 1. The number of hydrogen-bond donors (Lipinski definition) is 0. The normalized spacial score (nSPS) is 20.7. The number of rotatable bonds is 5. The van der Waals surface area contributed by atoms with Gasteiger partial charge in [-0.2, -0.15) is 8.78 Å². The molecule has 3 nitrogen and oxygen atoms in total. The Morgan fingerprint density at radius 2 is 2.12 bits per heavy atom. The summed E-state index contributed by atoms with van der Waals surface area (Å²) in [6.07, 6.45) is 3.62. The highest BCUT2D eigenvalue weighted by Crippen LogP contribution is 2.38.